The number of aromatic nitrogens is 2. The van der Waals surface area contributed by atoms with Gasteiger partial charge in [-0.2, -0.15) is 10.5 Å². The van der Waals surface area contributed by atoms with E-state index in [1.807, 2.05) is 34.8 Å². The van der Waals surface area contributed by atoms with Gasteiger partial charge in [0.05, 0.1) is 56.7 Å². The summed E-state index contributed by atoms with van der Waals surface area (Å²) >= 11 is 3.61. The van der Waals surface area contributed by atoms with Crippen molar-refractivity contribution < 1.29 is 0 Å². The number of fused-ring (bicyclic) bond motifs is 14. The molecule has 0 atom stereocenters. The van der Waals surface area contributed by atoms with Crippen molar-refractivity contribution in [3.63, 3.8) is 0 Å². The van der Waals surface area contributed by atoms with E-state index in [0.717, 1.165) is 71.7 Å². The minimum Gasteiger partial charge on any atom is -0.308 e. The molecule has 0 saturated carbocycles. The van der Waals surface area contributed by atoms with Gasteiger partial charge in [0.1, 0.15) is 0 Å². The van der Waals surface area contributed by atoms with Crippen LogP contribution in [0.25, 0.3) is 106 Å². The molecule has 6 heteroatoms. The Balaban J connectivity index is 1.35. The van der Waals surface area contributed by atoms with E-state index >= 15 is 0 Å². The Labute approximate surface area is 334 Å². The quantitative estimate of drug-likeness (QED) is 0.180. The Morgan fingerprint density at radius 2 is 0.895 bits per heavy atom. The first-order chi connectivity index (χ1) is 28.1. The van der Waals surface area contributed by atoms with Crippen LogP contribution in [-0.4, -0.2) is 9.13 Å². The van der Waals surface area contributed by atoms with Crippen molar-refractivity contribution in [2.24, 2.45) is 0 Å². The van der Waals surface area contributed by atoms with Gasteiger partial charge in [-0.1, -0.05) is 91.0 Å². The minimum absolute atomic E-state index is 0.554. The lowest BCUT2D eigenvalue weighted by molar-refractivity contribution is 1.14. The highest BCUT2D eigenvalue weighted by Crippen LogP contribution is 2.48. The van der Waals surface area contributed by atoms with Crippen molar-refractivity contribution in [3.05, 3.63) is 168 Å². The van der Waals surface area contributed by atoms with Crippen molar-refractivity contribution in [2.75, 3.05) is 0 Å². The summed E-state index contributed by atoms with van der Waals surface area (Å²) in [7, 11) is 0. The number of hydrogen-bond donors (Lipinski definition) is 0. The first-order valence-electron chi connectivity index (χ1n) is 18.9. The van der Waals surface area contributed by atoms with E-state index < -0.39 is 0 Å². The summed E-state index contributed by atoms with van der Waals surface area (Å²) < 4.78 is 9.67. The zero-order valence-corrected chi connectivity index (χ0v) is 32.2. The molecule has 4 nitrogen and oxygen atoms in total. The summed E-state index contributed by atoms with van der Waals surface area (Å²) in [6, 6.07) is 58.8. The second-order valence-corrected chi connectivity index (χ2v) is 16.9. The molecule has 4 heterocycles. The Hall–Kier alpha value is -7.22. The van der Waals surface area contributed by atoms with E-state index in [9.17, 15) is 10.5 Å². The van der Waals surface area contributed by atoms with E-state index in [-0.39, 0.29) is 0 Å². The van der Waals surface area contributed by atoms with E-state index in [2.05, 4.69) is 168 Å². The number of thiophene rings is 2. The third-order valence-corrected chi connectivity index (χ3v) is 13.8. The molecule has 0 N–H and O–H groups in total. The number of hydrogen-bond acceptors (Lipinski definition) is 4. The van der Waals surface area contributed by atoms with Gasteiger partial charge in [0.25, 0.3) is 0 Å². The van der Waals surface area contributed by atoms with Crippen LogP contribution in [0.5, 0.6) is 0 Å². The monoisotopic (exact) mass is 760 g/mol. The molecule has 0 aliphatic heterocycles. The summed E-state index contributed by atoms with van der Waals surface area (Å²) in [4.78, 5) is 0. The Morgan fingerprint density at radius 1 is 0.439 bits per heavy atom. The maximum atomic E-state index is 11.0. The third-order valence-electron chi connectivity index (χ3n) is 11.6. The first-order valence-corrected chi connectivity index (χ1v) is 20.5. The molecule has 8 aromatic carbocycles. The summed E-state index contributed by atoms with van der Waals surface area (Å²) in [6.07, 6.45) is 0. The Kier molecular flexibility index (Phi) is 6.69. The molecule has 4 aromatic heterocycles. The fourth-order valence-corrected chi connectivity index (χ4v) is 11.6. The zero-order chi connectivity index (χ0) is 37.9. The van der Waals surface area contributed by atoms with Crippen molar-refractivity contribution in [2.45, 2.75) is 6.92 Å². The van der Waals surface area contributed by atoms with Crippen LogP contribution >= 0.6 is 22.7 Å². The van der Waals surface area contributed by atoms with Crippen LogP contribution in [0.15, 0.2) is 152 Å². The molecule has 0 saturated heterocycles. The number of para-hydroxylation sites is 2. The molecule has 12 aromatic rings. The Morgan fingerprint density at radius 3 is 1.40 bits per heavy atom. The lowest BCUT2D eigenvalue weighted by Crippen LogP contribution is -2.05. The fraction of sp³-hybridized carbons (Fsp3) is 0.0196. The number of rotatable bonds is 3. The summed E-state index contributed by atoms with van der Waals surface area (Å²) in [5, 5.41) is 30.8. The number of aryl methyl sites for hydroxylation is 1. The molecular weight excluding hydrogens is 733 g/mol. The Bertz CT molecular complexity index is 3590. The van der Waals surface area contributed by atoms with E-state index in [1.54, 1.807) is 0 Å². The highest BCUT2D eigenvalue weighted by atomic mass is 32.1. The van der Waals surface area contributed by atoms with Gasteiger partial charge in [0.2, 0.25) is 0 Å². The predicted molar refractivity (Wildman–Crippen MR) is 241 cm³/mol. The molecule has 0 bridgehead atoms. The summed E-state index contributed by atoms with van der Waals surface area (Å²) in [5.74, 6) is 0. The van der Waals surface area contributed by atoms with Gasteiger partial charge in [-0.3, -0.25) is 0 Å². The number of nitrogens with zero attached hydrogens (tertiary/aromatic N) is 4. The number of benzene rings is 8. The normalized spacial score (nSPS) is 11.9. The molecule has 0 radical (unpaired) electrons. The minimum atomic E-state index is 0.554. The highest BCUT2D eigenvalue weighted by molar-refractivity contribution is 7.26. The zero-order valence-electron chi connectivity index (χ0n) is 30.5. The average Bonchev–Trinajstić information content (AvgIpc) is 4.00. The molecule has 0 unspecified atom stereocenters. The van der Waals surface area contributed by atoms with Crippen LogP contribution in [0, 0.1) is 29.6 Å². The molecular formula is C51H28N4S2. The summed E-state index contributed by atoms with van der Waals surface area (Å²) in [5.41, 5.74) is 10.1. The van der Waals surface area contributed by atoms with Gasteiger partial charge < -0.3 is 9.13 Å². The van der Waals surface area contributed by atoms with E-state index in [4.69, 9.17) is 0 Å². The van der Waals surface area contributed by atoms with Crippen LogP contribution in [-0.2, 0) is 0 Å². The highest BCUT2D eigenvalue weighted by Gasteiger charge is 2.26. The topological polar surface area (TPSA) is 57.4 Å². The van der Waals surface area contributed by atoms with Crippen molar-refractivity contribution in [1.29, 1.82) is 10.5 Å². The molecule has 0 spiro atoms. The maximum absolute atomic E-state index is 11.0. The summed E-state index contributed by atoms with van der Waals surface area (Å²) in [6.45, 7) is 2.05. The van der Waals surface area contributed by atoms with Crippen molar-refractivity contribution >= 4 is 107 Å². The molecule has 0 aliphatic rings. The molecule has 0 aliphatic carbocycles. The van der Waals surface area contributed by atoms with E-state index in [0.29, 0.717) is 11.1 Å². The second kappa shape index (κ2) is 11.9. The number of nitriles is 2. The van der Waals surface area contributed by atoms with Gasteiger partial charge in [0, 0.05) is 67.5 Å². The average molecular weight is 761 g/mol. The fourth-order valence-electron chi connectivity index (χ4n) is 9.35. The van der Waals surface area contributed by atoms with Crippen LogP contribution < -0.4 is 0 Å². The molecule has 12 rings (SSSR count). The smallest absolute Gasteiger partial charge is 0.0993 e. The molecule has 57 heavy (non-hydrogen) atoms. The van der Waals surface area contributed by atoms with Crippen LogP contribution in [0.2, 0.25) is 0 Å². The predicted octanol–water partition coefficient (Wildman–Crippen LogP) is 14.3. The van der Waals surface area contributed by atoms with Gasteiger partial charge in [0.15, 0.2) is 0 Å². The lowest BCUT2D eigenvalue weighted by atomic mass is 9.95. The van der Waals surface area contributed by atoms with Gasteiger partial charge in [-0.15, -0.1) is 22.7 Å². The molecule has 0 fully saturated rings. The van der Waals surface area contributed by atoms with Crippen LogP contribution in [0.3, 0.4) is 0 Å². The van der Waals surface area contributed by atoms with Gasteiger partial charge in [-0.25, -0.2) is 0 Å². The largest absolute Gasteiger partial charge is 0.308 e. The maximum Gasteiger partial charge on any atom is 0.0993 e. The molecule has 264 valence electrons. The third kappa shape index (κ3) is 4.46. The SMILES string of the molecule is Cc1cc(C#N)cc(-c2c(-n3c4ccccc4c4ccc5sc6ccccc6c5c43)cc(C#N)cc2-n2c3ccccc3c3ccc4sc5ccccc5c4c32)c1. The van der Waals surface area contributed by atoms with Crippen LogP contribution in [0.4, 0.5) is 0 Å². The second-order valence-electron chi connectivity index (χ2n) is 14.8. The standard InChI is InChI=1S/C51H28N4S2/c1-29-22-30(27-52)24-32(23-29)47-41(54-39-14-6-2-10-33(39)35-18-20-45-48(50(35)54)37-12-4-8-16-43(37)56-45)25-31(28-53)26-42(47)55-40-15-7-3-11-34(40)36-19-21-46-49(51(36)55)38-13-5-9-17-44(38)57-46/h2-26H,1H3. The van der Waals surface area contributed by atoms with Crippen LogP contribution in [0.1, 0.15) is 16.7 Å². The lowest BCUT2D eigenvalue weighted by Gasteiger charge is -2.22. The first kappa shape index (κ1) is 32.1. The van der Waals surface area contributed by atoms with Crippen molar-refractivity contribution in [1.82, 2.24) is 9.13 Å². The van der Waals surface area contributed by atoms with E-state index in [1.165, 1.54) is 40.3 Å². The van der Waals surface area contributed by atoms with Gasteiger partial charge >= 0.3 is 0 Å². The molecule has 0 amide bonds. The van der Waals surface area contributed by atoms with Gasteiger partial charge in [-0.05, 0) is 78.7 Å². The van der Waals surface area contributed by atoms with Crippen molar-refractivity contribution in [3.8, 4) is 34.6 Å².